The number of rotatable bonds is 6. The summed E-state index contributed by atoms with van der Waals surface area (Å²) in [6, 6.07) is 12.5. The standard InChI is InChI=1S/C23H29N3O2S/c1-25-12-13-26(20(16-25)19-5-3-2-4-6-19)22(28)8-11-23(10-7-21(27)24-23)15-18-9-14-29-17-18/h2-6,9,14,17,20H,7-8,10-13,15-16H2,1H3,(H,24,27)/t20-,23?/m1/s1. The first-order valence-corrected chi connectivity index (χ1v) is 11.3. The molecule has 0 radical (unpaired) electrons. The van der Waals surface area contributed by atoms with Crippen LogP contribution in [0, 0.1) is 0 Å². The first-order valence-electron chi connectivity index (χ1n) is 10.4. The Morgan fingerprint density at radius 2 is 2.07 bits per heavy atom. The topological polar surface area (TPSA) is 52.7 Å². The minimum atomic E-state index is -0.289. The van der Waals surface area contributed by atoms with E-state index < -0.39 is 0 Å². The van der Waals surface area contributed by atoms with Crippen molar-refractivity contribution < 1.29 is 9.59 Å². The summed E-state index contributed by atoms with van der Waals surface area (Å²) in [6.07, 6.45) is 3.33. The summed E-state index contributed by atoms with van der Waals surface area (Å²) in [4.78, 5) is 29.6. The highest BCUT2D eigenvalue weighted by Gasteiger charge is 2.39. The highest BCUT2D eigenvalue weighted by atomic mass is 32.1. The Hall–Kier alpha value is -2.18. The fraction of sp³-hybridized carbons (Fsp3) is 0.478. The zero-order valence-corrected chi connectivity index (χ0v) is 17.8. The van der Waals surface area contributed by atoms with E-state index in [1.165, 1.54) is 11.1 Å². The van der Waals surface area contributed by atoms with Crippen molar-refractivity contribution in [2.75, 3.05) is 26.7 Å². The number of nitrogens with one attached hydrogen (secondary N) is 1. The van der Waals surface area contributed by atoms with Crippen molar-refractivity contribution in [2.24, 2.45) is 0 Å². The second kappa shape index (κ2) is 8.67. The Bertz CT molecular complexity index is 839. The van der Waals surface area contributed by atoms with Gasteiger partial charge in [-0.05, 0) is 54.3 Å². The minimum Gasteiger partial charge on any atom is -0.350 e. The molecule has 0 aliphatic carbocycles. The monoisotopic (exact) mass is 411 g/mol. The Morgan fingerprint density at radius 3 is 2.76 bits per heavy atom. The lowest BCUT2D eigenvalue weighted by atomic mass is 9.85. The number of carbonyl (C=O) groups excluding carboxylic acids is 2. The van der Waals surface area contributed by atoms with Gasteiger partial charge >= 0.3 is 0 Å². The van der Waals surface area contributed by atoms with Crippen LogP contribution in [0.1, 0.15) is 42.9 Å². The lowest BCUT2D eigenvalue weighted by molar-refractivity contribution is -0.136. The molecule has 29 heavy (non-hydrogen) atoms. The van der Waals surface area contributed by atoms with Crippen molar-refractivity contribution in [3.63, 3.8) is 0 Å². The summed E-state index contributed by atoms with van der Waals surface area (Å²) in [5.41, 5.74) is 2.14. The molecule has 3 heterocycles. The average Bonchev–Trinajstić information content (AvgIpc) is 3.37. The van der Waals surface area contributed by atoms with E-state index >= 15 is 0 Å². The predicted octanol–water partition coefficient (Wildman–Crippen LogP) is 3.23. The number of hydrogen-bond donors (Lipinski definition) is 1. The third-order valence-corrected chi connectivity index (χ3v) is 7.00. The number of carbonyl (C=O) groups is 2. The van der Waals surface area contributed by atoms with Gasteiger partial charge in [0, 0.05) is 38.0 Å². The fourth-order valence-electron chi connectivity index (χ4n) is 4.63. The molecule has 2 amide bonds. The number of thiophene rings is 1. The average molecular weight is 412 g/mol. The quantitative estimate of drug-likeness (QED) is 0.794. The smallest absolute Gasteiger partial charge is 0.223 e. The molecule has 1 aromatic carbocycles. The summed E-state index contributed by atoms with van der Waals surface area (Å²) < 4.78 is 0. The van der Waals surface area contributed by atoms with E-state index in [0.717, 1.165) is 32.5 Å². The molecule has 0 saturated carbocycles. The first kappa shape index (κ1) is 20.1. The largest absolute Gasteiger partial charge is 0.350 e. The van der Waals surface area contributed by atoms with Crippen LogP contribution < -0.4 is 5.32 Å². The highest BCUT2D eigenvalue weighted by Crippen LogP contribution is 2.32. The molecule has 2 aromatic rings. The number of piperazine rings is 1. The van der Waals surface area contributed by atoms with Crippen LogP contribution in [0.15, 0.2) is 47.2 Å². The molecule has 2 aliphatic rings. The summed E-state index contributed by atoms with van der Waals surface area (Å²) in [6.45, 7) is 2.50. The number of amides is 2. The predicted molar refractivity (Wildman–Crippen MR) is 116 cm³/mol. The van der Waals surface area contributed by atoms with Crippen LogP contribution in [0.3, 0.4) is 0 Å². The van der Waals surface area contributed by atoms with Gasteiger partial charge in [0.05, 0.1) is 6.04 Å². The van der Waals surface area contributed by atoms with Crippen molar-refractivity contribution in [1.82, 2.24) is 15.1 Å². The Balaban J connectivity index is 1.46. The lowest BCUT2D eigenvalue weighted by Gasteiger charge is -2.41. The fourth-order valence-corrected chi connectivity index (χ4v) is 5.30. The van der Waals surface area contributed by atoms with E-state index in [0.29, 0.717) is 19.3 Å². The number of nitrogens with zero attached hydrogens (tertiary/aromatic N) is 2. The molecule has 0 bridgehead atoms. The van der Waals surface area contributed by atoms with Crippen LogP contribution >= 0.6 is 11.3 Å². The molecule has 1 N–H and O–H groups in total. The van der Waals surface area contributed by atoms with Gasteiger partial charge in [-0.25, -0.2) is 0 Å². The summed E-state index contributed by atoms with van der Waals surface area (Å²) in [5, 5.41) is 7.41. The molecule has 2 atom stereocenters. The summed E-state index contributed by atoms with van der Waals surface area (Å²) in [7, 11) is 2.11. The van der Waals surface area contributed by atoms with E-state index in [4.69, 9.17) is 0 Å². The SMILES string of the molecule is CN1CCN(C(=O)CCC2(Cc3ccsc3)CCC(=O)N2)[C@@H](c2ccccc2)C1. The Morgan fingerprint density at radius 1 is 1.24 bits per heavy atom. The number of likely N-dealkylation sites (N-methyl/N-ethyl adjacent to an activating group) is 1. The van der Waals surface area contributed by atoms with Gasteiger partial charge in [-0.2, -0.15) is 11.3 Å². The normalized spacial score (nSPS) is 25.2. The molecule has 1 unspecified atom stereocenters. The van der Waals surface area contributed by atoms with E-state index in [1.54, 1.807) is 11.3 Å². The number of hydrogen-bond acceptors (Lipinski definition) is 4. The number of benzene rings is 1. The maximum atomic E-state index is 13.3. The molecule has 6 heteroatoms. The van der Waals surface area contributed by atoms with Crippen LogP contribution in [0.25, 0.3) is 0 Å². The van der Waals surface area contributed by atoms with Gasteiger partial charge in [0.1, 0.15) is 0 Å². The zero-order chi connectivity index (χ0) is 20.3. The van der Waals surface area contributed by atoms with Crippen LogP contribution in [0.2, 0.25) is 0 Å². The first-order chi connectivity index (χ1) is 14.0. The van der Waals surface area contributed by atoms with Gasteiger partial charge in [-0.1, -0.05) is 30.3 Å². The third-order valence-electron chi connectivity index (χ3n) is 6.26. The molecule has 5 nitrogen and oxygen atoms in total. The maximum Gasteiger partial charge on any atom is 0.223 e. The lowest BCUT2D eigenvalue weighted by Crippen LogP contribution is -2.50. The third kappa shape index (κ3) is 4.70. The zero-order valence-electron chi connectivity index (χ0n) is 17.0. The molecule has 4 rings (SSSR count). The molecule has 2 saturated heterocycles. The van der Waals surface area contributed by atoms with Gasteiger partial charge in [-0.15, -0.1) is 0 Å². The van der Waals surface area contributed by atoms with E-state index in [2.05, 4.69) is 46.2 Å². The molecule has 0 spiro atoms. The molecular formula is C23H29N3O2S. The molecule has 2 aliphatic heterocycles. The van der Waals surface area contributed by atoms with Crippen LogP contribution in [0.4, 0.5) is 0 Å². The maximum absolute atomic E-state index is 13.3. The van der Waals surface area contributed by atoms with Crippen LogP contribution in [-0.2, 0) is 16.0 Å². The van der Waals surface area contributed by atoms with Gasteiger partial charge in [0.2, 0.25) is 11.8 Å². The van der Waals surface area contributed by atoms with Crippen molar-refractivity contribution in [3.8, 4) is 0 Å². The summed E-state index contributed by atoms with van der Waals surface area (Å²) in [5.74, 6) is 0.298. The molecule has 1 aromatic heterocycles. The van der Waals surface area contributed by atoms with Gasteiger partial charge in [-0.3, -0.25) is 9.59 Å². The van der Waals surface area contributed by atoms with E-state index in [1.807, 2.05) is 23.1 Å². The van der Waals surface area contributed by atoms with Gasteiger partial charge in [0.25, 0.3) is 0 Å². The van der Waals surface area contributed by atoms with Crippen LogP contribution in [-0.4, -0.2) is 53.8 Å². The van der Waals surface area contributed by atoms with Gasteiger partial charge in [0.15, 0.2) is 0 Å². The Kier molecular flexibility index (Phi) is 6.01. The summed E-state index contributed by atoms with van der Waals surface area (Å²) >= 11 is 1.68. The molecular weight excluding hydrogens is 382 g/mol. The van der Waals surface area contributed by atoms with Crippen molar-refractivity contribution in [2.45, 2.75) is 43.7 Å². The van der Waals surface area contributed by atoms with E-state index in [9.17, 15) is 9.59 Å². The second-order valence-corrected chi connectivity index (χ2v) is 9.19. The molecule has 2 fully saturated rings. The van der Waals surface area contributed by atoms with Gasteiger partial charge < -0.3 is 15.1 Å². The van der Waals surface area contributed by atoms with Crippen molar-refractivity contribution in [3.05, 3.63) is 58.3 Å². The Labute approximate surface area is 176 Å². The molecule has 154 valence electrons. The van der Waals surface area contributed by atoms with E-state index in [-0.39, 0.29) is 23.4 Å². The second-order valence-electron chi connectivity index (χ2n) is 8.41. The van der Waals surface area contributed by atoms with Crippen molar-refractivity contribution in [1.29, 1.82) is 0 Å². The van der Waals surface area contributed by atoms with Crippen LogP contribution in [0.5, 0.6) is 0 Å². The van der Waals surface area contributed by atoms with Crippen molar-refractivity contribution >= 4 is 23.2 Å². The highest BCUT2D eigenvalue weighted by molar-refractivity contribution is 7.07. The minimum absolute atomic E-state index is 0.0912.